The van der Waals surface area contributed by atoms with E-state index in [1.54, 1.807) is 0 Å². The molecule has 0 aliphatic carbocycles. The molecule has 0 atom stereocenters. The van der Waals surface area contributed by atoms with Crippen LogP contribution in [0.1, 0.15) is 0 Å². The van der Waals surface area contributed by atoms with Crippen LogP contribution in [0.5, 0.6) is 11.5 Å². The molecule has 0 radical (unpaired) electrons. The van der Waals surface area contributed by atoms with Crippen molar-refractivity contribution in [3.05, 3.63) is 23.2 Å². The van der Waals surface area contributed by atoms with E-state index in [1.165, 1.54) is 0 Å². The van der Waals surface area contributed by atoms with Gasteiger partial charge >= 0.3 is 6.11 Å². The molecule has 1 aromatic rings. The Morgan fingerprint density at radius 2 is 2.07 bits per heavy atom. The zero-order valence-electron chi connectivity index (χ0n) is 6.81. The van der Waals surface area contributed by atoms with Gasteiger partial charge in [0, 0.05) is 6.07 Å². The topological polar surface area (TPSA) is 29.5 Å². The molecule has 0 unspecified atom stereocenters. The third-order valence-electron chi connectivity index (χ3n) is 1.34. The van der Waals surface area contributed by atoms with Crippen LogP contribution in [0, 0.1) is 0 Å². The molecule has 0 spiro atoms. The van der Waals surface area contributed by atoms with Gasteiger partial charge in [0.2, 0.25) is 0 Å². The van der Waals surface area contributed by atoms with Gasteiger partial charge in [0.25, 0.3) is 0 Å². The lowest BCUT2D eigenvalue weighted by molar-refractivity contribution is -0.186. The summed E-state index contributed by atoms with van der Waals surface area (Å²) in [5.74, 6) is -0.571. The molecule has 78 valence electrons. The quantitative estimate of drug-likeness (QED) is 0.859. The monoisotopic (exact) mass is 226 g/mol. The van der Waals surface area contributed by atoms with Gasteiger partial charge in [-0.2, -0.15) is 8.78 Å². The Balaban J connectivity index is 2.83. The maximum absolute atomic E-state index is 12.4. The van der Waals surface area contributed by atoms with Gasteiger partial charge in [0.05, 0.1) is 5.02 Å². The molecule has 0 fully saturated rings. The van der Waals surface area contributed by atoms with Gasteiger partial charge in [-0.3, -0.25) is 0 Å². The van der Waals surface area contributed by atoms with E-state index in [2.05, 4.69) is 4.74 Å². The zero-order valence-corrected chi connectivity index (χ0v) is 7.56. The molecule has 0 aliphatic heterocycles. The first-order valence-electron chi connectivity index (χ1n) is 3.56. The van der Waals surface area contributed by atoms with Crippen LogP contribution >= 0.6 is 11.6 Å². The molecule has 0 saturated carbocycles. The first-order chi connectivity index (χ1) is 6.44. The van der Waals surface area contributed by atoms with Crippen LogP contribution in [0.4, 0.5) is 13.2 Å². The van der Waals surface area contributed by atoms with Crippen LogP contribution in [0.3, 0.4) is 0 Å². The van der Waals surface area contributed by atoms with E-state index in [0.29, 0.717) is 0 Å². The minimum atomic E-state index is -3.87. The Morgan fingerprint density at radius 3 is 2.57 bits per heavy atom. The highest BCUT2D eigenvalue weighted by Gasteiger charge is 2.31. The molecule has 1 N–H and O–H groups in total. The Labute approximate surface area is 82.9 Å². The summed E-state index contributed by atoms with van der Waals surface area (Å²) in [4.78, 5) is 0. The Kier molecular flexibility index (Phi) is 3.10. The number of alkyl halides is 3. The summed E-state index contributed by atoms with van der Waals surface area (Å²) in [6.07, 6.45) is -3.87. The molecule has 0 amide bonds. The van der Waals surface area contributed by atoms with Crippen molar-refractivity contribution in [2.24, 2.45) is 0 Å². The maximum atomic E-state index is 12.4. The molecule has 0 aromatic heterocycles. The third-order valence-corrected chi connectivity index (χ3v) is 1.64. The SMILES string of the molecule is Oc1ccc(OC(F)(F)CF)cc1Cl. The molecule has 14 heavy (non-hydrogen) atoms. The number of hydrogen-bond donors (Lipinski definition) is 1. The second kappa shape index (κ2) is 3.96. The standard InChI is InChI=1S/C8H6ClF3O2/c9-6-3-5(1-2-7(6)13)14-8(11,12)4-10/h1-3,13H,4H2. The fraction of sp³-hybridized carbons (Fsp3) is 0.250. The second-order valence-electron chi connectivity index (χ2n) is 2.49. The molecule has 0 heterocycles. The summed E-state index contributed by atoms with van der Waals surface area (Å²) in [6.45, 7) is -1.93. The van der Waals surface area contributed by atoms with E-state index < -0.39 is 12.8 Å². The van der Waals surface area contributed by atoms with Gasteiger partial charge in [0.15, 0.2) is 6.67 Å². The van der Waals surface area contributed by atoms with E-state index >= 15 is 0 Å². The van der Waals surface area contributed by atoms with Crippen LogP contribution in [-0.2, 0) is 0 Å². The highest BCUT2D eigenvalue weighted by atomic mass is 35.5. The first kappa shape index (κ1) is 11.0. The number of ether oxygens (including phenoxy) is 1. The Hall–Kier alpha value is -1.10. The minimum absolute atomic E-state index is 0.142. The normalized spacial score (nSPS) is 11.4. The van der Waals surface area contributed by atoms with Crippen molar-refractivity contribution in [2.75, 3.05) is 6.67 Å². The fourth-order valence-electron chi connectivity index (χ4n) is 0.751. The summed E-state index contributed by atoms with van der Waals surface area (Å²) >= 11 is 5.42. The summed E-state index contributed by atoms with van der Waals surface area (Å²) in [5, 5.41) is 8.81. The van der Waals surface area contributed by atoms with Crippen LogP contribution in [-0.4, -0.2) is 17.9 Å². The molecular weight excluding hydrogens is 221 g/mol. The van der Waals surface area contributed by atoms with Crippen LogP contribution in [0.2, 0.25) is 5.02 Å². The lowest BCUT2D eigenvalue weighted by Crippen LogP contribution is -2.26. The molecule has 1 rings (SSSR count). The lowest BCUT2D eigenvalue weighted by atomic mass is 10.3. The average molecular weight is 227 g/mol. The average Bonchev–Trinajstić information content (AvgIpc) is 2.11. The smallest absolute Gasteiger partial charge is 0.427 e. The maximum Gasteiger partial charge on any atom is 0.427 e. The number of aromatic hydroxyl groups is 1. The summed E-state index contributed by atoms with van der Waals surface area (Å²) in [5.41, 5.74) is 0. The Morgan fingerprint density at radius 1 is 1.43 bits per heavy atom. The van der Waals surface area contributed by atoms with Crippen molar-refractivity contribution in [3.63, 3.8) is 0 Å². The van der Waals surface area contributed by atoms with Gasteiger partial charge in [-0.15, -0.1) is 0 Å². The summed E-state index contributed by atoms with van der Waals surface area (Å²) in [6, 6.07) is 3.11. The molecule has 2 nitrogen and oxygen atoms in total. The number of phenols is 1. The first-order valence-corrected chi connectivity index (χ1v) is 3.94. The molecule has 0 bridgehead atoms. The molecule has 0 saturated heterocycles. The molecular formula is C8H6ClF3O2. The van der Waals surface area contributed by atoms with Gasteiger partial charge in [0.1, 0.15) is 11.5 Å². The number of hydrogen-bond acceptors (Lipinski definition) is 2. The minimum Gasteiger partial charge on any atom is -0.506 e. The van der Waals surface area contributed by atoms with E-state index in [9.17, 15) is 13.2 Å². The predicted octanol–water partition coefficient (Wildman–Crippen LogP) is 2.99. The van der Waals surface area contributed by atoms with Crippen LogP contribution < -0.4 is 4.74 Å². The van der Waals surface area contributed by atoms with E-state index in [1.807, 2.05) is 0 Å². The molecule has 0 aliphatic rings. The summed E-state index contributed by atoms with van der Waals surface area (Å²) < 4.78 is 40.4. The van der Waals surface area contributed by atoms with Crippen molar-refractivity contribution in [3.8, 4) is 11.5 Å². The third kappa shape index (κ3) is 2.70. The fourth-order valence-corrected chi connectivity index (χ4v) is 0.921. The largest absolute Gasteiger partial charge is 0.506 e. The van der Waals surface area contributed by atoms with Crippen molar-refractivity contribution < 1.29 is 23.0 Å². The highest BCUT2D eigenvalue weighted by Crippen LogP contribution is 2.30. The molecule has 1 aromatic carbocycles. The number of benzene rings is 1. The number of rotatable bonds is 3. The van der Waals surface area contributed by atoms with E-state index in [-0.39, 0.29) is 16.5 Å². The van der Waals surface area contributed by atoms with Crippen molar-refractivity contribution in [1.82, 2.24) is 0 Å². The van der Waals surface area contributed by atoms with Crippen LogP contribution in [0.15, 0.2) is 18.2 Å². The van der Waals surface area contributed by atoms with Crippen molar-refractivity contribution in [1.29, 1.82) is 0 Å². The van der Waals surface area contributed by atoms with Gasteiger partial charge < -0.3 is 9.84 Å². The predicted molar refractivity (Wildman–Crippen MR) is 44.7 cm³/mol. The van der Waals surface area contributed by atoms with E-state index in [0.717, 1.165) is 18.2 Å². The van der Waals surface area contributed by atoms with Crippen molar-refractivity contribution in [2.45, 2.75) is 6.11 Å². The Bertz CT molecular complexity index is 330. The van der Waals surface area contributed by atoms with Crippen molar-refractivity contribution >= 4 is 11.6 Å². The zero-order chi connectivity index (χ0) is 10.8. The number of halogens is 4. The van der Waals surface area contributed by atoms with Crippen LogP contribution in [0.25, 0.3) is 0 Å². The second-order valence-corrected chi connectivity index (χ2v) is 2.89. The number of phenolic OH excluding ortho intramolecular Hbond substituents is 1. The van der Waals surface area contributed by atoms with Gasteiger partial charge in [-0.25, -0.2) is 4.39 Å². The highest BCUT2D eigenvalue weighted by molar-refractivity contribution is 6.32. The molecule has 6 heteroatoms. The van der Waals surface area contributed by atoms with Gasteiger partial charge in [-0.05, 0) is 12.1 Å². The van der Waals surface area contributed by atoms with Gasteiger partial charge in [-0.1, -0.05) is 11.6 Å². The summed E-state index contributed by atoms with van der Waals surface area (Å²) in [7, 11) is 0. The van der Waals surface area contributed by atoms with E-state index in [4.69, 9.17) is 16.7 Å². The lowest BCUT2D eigenvalue weighted by Gasteiger charge is -2.14.